The van der Waals surface area contributed by atoms with Gasteiger partial charge in [0.1, 0.15) is 0 Å². The average Bonchev–Trinajstić information content (AvgIpc) is 3.11. The Labute approximate surface area is 227 Å². The summed E-state index contributed by atoms with van der Waals surface area (Å²) in [6, 6.07) is 11.3. The van der Waals surface area contributed by atoms with Crippen LogP contribution < -0.4 is 5.32 Å². The average molecular weight is 543 g/mol. The lowest BCUT2D eigenvalue weighted by atomic mass is 9.45. The molecule has 1 unspecified atom stereocenters. The van der Waals surface area contributed by atoms with Crippen LogP contribution in [0.2, 0.25) is 15.1 Å². The molecule has 7 heteroatoms. The van der Waals surface area contributed by atoms with Crippen LogP contribution in [0, 0.1) is 23.2 Å². The highest BCUT2D eigenvalue weighted by Crippen LogP contribution is 2.61. The predicted molar refractivity (Wildman–Crippen MR) is 146 cm³/mol. The van der Waals surface area contributed by atoms with Crippen LogP contribution in [0.1, 0.15) is 61.1 Å². The summed E-state index contributed by atoms with van der Waals surface area (Å²) in [7, 11) is 0. The van der Waals surface area contributed by atoms with Gasteiger partial charge in [-0.05, 0) is 97.6 Å². The fourth-order valence-corrected chi connectivity index (χ4v) is 7.63. The van der Waals surface area contributed by atoms with Crippen LogP contribution in [-0.4, -0.2) is 22.2 Å². The zero-order valence-electron chi connectivity index (χ0n) is 20.6. The second-order valence-electron chi connectivity index (χ2n) is 11.2. The zero-order valence-corrected chi connectivity index (χ0v) is 22.9. The minimum Gasteiger partial charge on any atom is -0.350 e. The van der Waals surface area contributed by atoms with Crippen molar-refractivity contribution in [1.82, 2.24) is 15.1 Å². The van der Waals surface area contributed by atoms with Gasteiger partial charge in [0.15, 0.2) is 5.69 Å². The smallest absolute Gasteiger partial charge is 0.272 e. The third kappa shape index (κ3) is 3.97. The number of aromatic nitrogens is 2. The summed E-state index contributed by atoms with van der Waals surface area (Å²) in [5.41, 5.74) is 5.65. The highest BCUT2D eigenvalue weighted by atomic mass is 35.5. The minimum atomic E-state index is -0.105. The van der Waals surface area contributed by atoms with Crippen molar-refractivity contribution in [3.8, 4) is 16.9 Å². The van der Waals surface area contributed by atoms with Gasteiger partial charge in [-0.25, -0.2) is 4.68 Å². The highest BCUT2D eigenvalue weighted by molar-refractivity contribution is 6.35. The Kier molecular flexibility index (Phi) is 6.13. The van der Waals surface area contributed by atoms with Crippen LogP contribution in [0.4, 0.5) is 0 Å². The topological polar surface area (TPSA) is 46.9 Å². The summed E-state index contributed by atoms with van der Waals surface area (Å²) >= 11 is 19.2. The number of fused-ring (bicyclic) bond motifs is 5. The van der Waals surface area contributed by atoms with Crippen molar-refractivity contribution in [2.24, 2.45) is 23.2 Å². The summed E-state index contributed by atoms with van der Waals surface area (Å²) in [5, 5.41) is 9.90. The van der Waals surface area contributed by atoms with Crippen molar-refractivity contribution < 1.29 is 4.79 Å². The van der Waals surface area contributed by atoms with E-state index in [1.54, 1.807) is 12.1 Å². The summed E-state index contributed by atoms with van der Waals surface area (Å²) < 4.78 is 1.82. The summed E-state index contributed by atoms with van der Waals surface area (Å²) in [6.45, 7) is 5.48. The Morgan fingerprint density at radius 2 is 1.86 bits per heavy atom. The normalized spacial score (nSPS) is 23.8. The molecule has 36 heavy (non-hydrogen) atoms. The first kappa shape index (κ1) is 24.3. The number of amides is 1. The van der Waals surface area contributed by atoms with Gasteiger partial charge >= 0.3 is 0 Å². The molecule has 0 saturated heterocycles. The third-order valence-corrected chi connectivity index (χ3v) is 9.83. The molecule has 3 fully saturated rings. The lowest BCUT2D eigenvalue weighted by molar-refractivity contribution is -0.103. The van der Waals surface area contributed by atoms with E-state index in [0.29, 0.717) is 50.2 Å². The summed E-state index contributed by atoms with van der Waals surface area (Å²) in [6.07, 6.45) is 6.33. The molecule has 0 radical (unpaired) electrons. The van der Waals surface area contributed by atoms with Crippen LogP contribution >= 0.6 is 34.8 Å². The van der Waals surface area contributed by atoms with Gasteiger partial charge in [-0.3, -0.25) is 4.79 Å². The van der Waals surface area contributed by atoms with Crippen molar-refractivity contribution in [1.29, 1.82) is 0 Å². The van der Waals surface area contributed by atoms with E-state index in [4.69, 9.17) is 39.9 Å². The highest BCUT2D eigenvalue weighted by Gasteiger charge is 2.54. The monoisotopic (exact) mass is 541 g/mol. The maximum absolute atomic E-state index is 13.6. The molecule has 2 aromatic carbocycles. The molecule has 4 aliphatic rings. The van der Waals surface area contributed by atoms with E-state index in [1.807, 2.05) is 28.9 Å². The van der Waals surface area contributed by atoms with E-state index >= 15 is 0 Å². The molecule has 2 bridgehead atoms. The van der Waals surface area contributed by atoms with E-state index in [-0.39, 0.29) is 5.91 Å². The maximum atomic E-state index is 13.6. The number of rotatable bonds is 4. The quantitative estimate of drug-likeness (QED) is 0.366. The lowest BCUT2D eigenvalue weighted by Gasteiger charge is -2.60. The van der Waals surface area contributed by atoms with Crippen LogP contribution in [0.5, 0.6) is 0 Å². The molecule has 0 spiro atoms. The lowest BCUT2D eigenvalue weighted by Crippen LogP contribution is -2.54. The number of carbonyl (C=O) groups is 1. The van der Waals surface area contributed by atoms with E-state index in [1.165, 1.54) is 19.3 Å². The number of aryl methyl sites for hydroxylation is 1. The summed E-state index contributed by atoms with van der Waals surface area (Å²) in [4.78, 5) is 13.6. The van der Waals surface area contributed by atoms with Gasteiger partial charge in [0.2, 0.25) is 0 Å². The molecular weight excluding hydrogens is 513 g/mol. The van der Waals surface area contributed by atoms with Gasteiger partial charge in [-0.15, -0.1) is 0 Å². The van der Waals surface area contributed by atoms with Gasteiger partial charge in [0.05, 0.1) is 16.4 Å². The van der Waals surface area contributed by atoms with Gasteiger partial charge in [0.25, 0.3) is 5.91 Å². The number of nitrogens with zero attached hydrogens (tertiary/aromatic N) is 2. The third-order valence-electron chi connectivity index (χ3n) is 9.06. The number of carbonyl (C=O) groups excluding carboxylic acids is 1. The van der Waals surface area contributed by atoms with Gasteiger partial charge in [0, 0.05) is 27.7 Å². The Balaban J connectivity index is 1.39. The molecule has 0 aliphatic heterocycles. The fourth-order valence-electron chi connectivity index (χ4n) is 6.94. The van der Waals surface area contributed by atoms with Crippen molar-refractivity contribution in [3.05, 3.63) is 68.3 Å². The van der Waals surface area contributed by atoms with Crippen molar-refractivity contribution in [2.75, 3.05) is 6.54 Å². The molecule has 1 heterocycles. The molecule has 3 atom stereocenters. The molecule has 7 rings (SSSR count). The number of hydrogen-bond donors (Lipinski definition) is 1. The Morgan fingerprint density at radius 3 is 2.61 bits per heavy atom. The van der Waals surface area contributed by atoms with Crippen molar-refractivity contribution in [3.63, 3.8) is 0 Å². The molecule has 1 aromatic heterocycles. The molecule has 188 valence electrons. The van der Waals surface area contributed by atoms with E-state index in [9.17, 15) is 4.79 Å². The first-order valence-electron chi connectivity index (χ1n) is 12.9. The molecule has 1 amide bonds. The maximum Gasteiger partial charge on any atom is 0.272 e. The molecular formula is C29H30Cl3N3O. The van der Waals surface area contributed by atoms with Gasteiger partial charge < -0.3 is 5.32 Å². The molecule has 3 aromatic rings. The Morgan fingerprint density at radius 1 is 1.08 bits per heavy atom. The van der Waals surface area contributed by atoms with Gasteiger partial charge in [-0.1, -0.05) is 54.7 Å². The van der Waals surface area contributed by atoms with Crippen molar-refractivity contribution in [2.45, 2.75) is 52.4 Å². The number of halogens is 3. The molecule has 4 nitrogen and oxygen atoms in total. The fraction of sp³-hybridized carbons (Fsp3) is 0.448. The largest absolute Gasteiger partial charge is 0.350 e. The Hall–Kier alpha value is -2.01. The van der Waals surface area contributed by atoms with E-state index in [0.717, 1.165) is 47.6 Å². The second-order valence-corrected chi connectivity index (χ2v) is 12.5. The Bertz CT molecular complexity index is 1360. The van der Waals surface area contributed by atoms with Crippen molar-refractivity contribution >= 4 is 40.7 Å². The van der Waals surface area contributed by atoms with E-state index in [2.05, 4.69) is 19.2 Å². The first-order valence-corrected chi connectivity index (χ1v) is 14.0. The SMILES string of the molecule is CC1(C)[C@H]2CCC(CNC(=O)c3nn(-c4ccc(Cl)cc4Cl)c4c3CCCc3cc(Cl)ccc3-4)[C@@H]1C2. The van der Waals surface area contributed by atoms with Gasteiger partial charge in [-0.2, -0.15) is 5.10 Å². The molecule has 1 N–H and O–H groups in total. The van der Waals surface area contributed by atoms with E-state index < -0.39 is 0 Å². The first-order chi connectivity index (χ1) is 17.2. The van der Waals surface area contributed by atoms with Crippen LogP contribution in [0.25, 0.3) is 16.9 Å². The van der Waals surface area contributed by atoms with Crippen LogP contribution in [0.3, 0.4) is 0 Å². The minimum absolute atomic E-state index is 0.105. The molecule has 3 saturated carbocycles. The van der Waals surface area contributed by atoms with Crippen LogP contribution in [-0.2, 0) is 12.8 Å². The second kappa shape index (κ2) is 9.08. The predicted octanol–water partition coefficient (Wildman–Crippen LogP) is 7.79. The molecule has 4 aliphatic carbocycles. The summed E-state index contributed by atoms with van der Waals surface area (Å²) in [5.74, 6) is 1.96. The van der Waals surface area contributed by atoms with Crippen LogP contribution in [0.15, 0.2) is 36.4 Å². The number of hydrogen-bond acceptors (Lipinski definition) is 2. The number of nitrogens with one attached hydrogen (secondary N) is 1. The zero-order chi connectivity index (χ0) is 25.2. The number of benzene rings is 2. The standard InChI is InChI=1S/C29H30Cl3N3O/c1-29(2)18-7-6-17(23(29)13-18)15-33-28(36)26-22-5-3-4-16-12-19(30)8-10-21(16)27(22)35(34-26)25-11-9-20(31)14-24(25)32/h8-12,14,17-18,23H,3-7,13,15H2,1-2H3,(H,33,36)/t17?,18-,23-/m0/s1.